The molecule has 2 rings (SSSR count). The highest BCUT2D eigenvalue weighted by Crippen LogP contribution is 2.22. The van der Waals surface area contributed by atoms with Crippen molar-refractivity contribution in [2.75, 3.05) is 12.4 Å². The molecule has 1 amide bonds. The van der Waals surface area contributed by atoms with Crippen LogP contribution in [0.3, 0.4) is 0 Å². The number of halogens is 1. The van der Waals surface area contributed by atoms with E-state index in [0.29, 0.717) is 17.4 Å². The maximum Gasteiger partial charge on any atom is 0.258 e. The molecule has 1 N–H and O–H groups in total. The minimum Gasteiger partial charge on any atom is -0.478 e. The Labute approximate surface area is 90.3 Å². The molecule has 0 aliphatic rings. The maximum absolute atomic E-state index is 12.9. The molecule has 0 bridgehead atoms. The SMILES string of the molecule is COc1nc2cc(F)ccc2nc1NC=O. The third kappa shape index (κ3) is 1.77. The van der Waals surface area contributed by atoms with Gasteiger partial charge in [-0.05, 0) is 12.1 Å². The van der Waals surface area contributed by atoms with Crippen molar-refractivity contribution >= 4 is 23.3 Å². The van der Waals surface area contributed by atoms with Crippen molar-refractivity contribution in [3.8, 4) is 5.88 Å². The van der Waals surface area contributed by atoms with Crippen LogP contribution in [0.5, 0.6) is 5.88 Å². The number of benzene rings is 1. The Bertz CT molecular complexity index is 545. The number of hydrogen-bond donors (Lipinski definition) is 1. The summed E-state index contributed by atoms with van der Waals surface area (Å²) in [5.74, 6) is -0.0539. The van der Waals surface area contributed by atoms with Gasteiger partial charge >= 0.3 is 0 Å². The Morgan fingerprint density at radius 1 is 1.38 bits per heavy atom. The second-order valence-electron chi connectivity index (χ2n) is 2.98. The van der Waals surface area contributed by atoms with Gasteiger partial charge in [0.05, 0.1) is 18.1 Å². The molecule has 0 atom stereocenters. The smallest absolute Gasteiger partial charge is 0.258 e. The van der Waals surface area contributed by atoms with Crippen LogP contribution < -0.4 is 10.1 Å². The number of fused-ring (bicyclic) bond motifs is 1. The number of hydrogen-bond acceptors (Lipinski definition) is 4. The lowest BCUT2D eigenvalue weighted by Crippen LogP contribution is -2.02. The summed E-state index contributed by atoms with van der Waals surface area (Å²) < 4.78 is 17.9. The Kier molecular flexibility index (Phi) is 2.63. The summed E-state index contributed by atoms with van der Waals surface area (Å²) in [6.45, 7) is 0. The first kappa shape index (κ1) is 10.3. The molecule has 5 nitrogen and oxygen atoms in total. The van der Waals surface area contributed by atoms with Crippen LogP contribution in [0.25, 0.3) is 11.0 Å². The molecule has 0 unspecified atom stereocenters. The van der Waals surface area contributed by atoms with Crippen LogP contribution >= 0.6 is 0 Å². The number of carbonyl (C=O) groups is 1. The summed E-state index contributed by atoms with van der Waals surface area (Å²) in [6.07, 6.45) is 0.474. The molecule has 1 aromatic carbocycles. The van der Waals surface area contributed by atoms with Gasteiger partial charge in [-0.3, -0.25) is 4.79 Å². The van der Waals surface area contributed by atoms with E-state index in [1.54, 1.807) is 0 Å². The van der Waals surface area contributed by atoms with Crippen molar-refractivity contribution in [3.63, 3.8) is 0 Å². The monoisotopic (exact) mass is 221 g/mol. The molecule has 0 fully saturated rings. The number of amides is 1. The Hall–Kier alpha value is -2.24. The van der Waals surface area contributed by atoms with Crippen LogP contribution in [-0.2, 0) is 4.79 Å². The van der Waals surface area contributed by atoms with E-state index in [1.807, 2.05) is 0 Å². The lowest BCUT2D eigenvalue weighted by molar-refractivity contribution is -0.105. The normalized spacial score (nSPS) is 10.1. The number of rotatable bonds is 3. The fraction of sp³-hybridized carbons (Fsp3) is 0.100. The number of nitrogens with zero attached hydrogens (tertiary/aromatic N) is 2. The third-order valence-electron chi connectivity index (χ3n) is 1.98. The van der Waals surface area contributed by atoms with E-state index in [9.17, 15) is 9.18 Å². The van der Waals surface area contributed by atoms with Gasteiger partial charge in [-0.2, -0.15) is 0 Å². The second kappa shape index (κ2) is 4.09. The molecule has 1 heterocycles. The lowest BCUT2D eigenvalue weighted by atomic mass is 10.3. The minimum atomic E-state index is -0.403. The molecule has 16 heavy (non-hydrogen) atoms. The summed E-state index contributed by atoms with van der Waals surface area (Å²) in [6, 6.07) is 4.00. The predicted octanol–water partition coefficient (Wildman–Crippen LogP) is 1.35. The average Bonchev–Trinajstić information content (AvgIpc) is 2.29. The van der Waals surface area contributed by atoms with E-state index in [4.69, 9.17) is 4.74 Å². The number of anilines is 1. The molecule has 1 aromatic heterocycles. The molecule has 6 heteroatoms. The zero-order valence-corrected chi connectivity index (χ0v) is 8.40. The molecule has 2 aromatic rings. The summed E-state index contributed by atoms with van der Waals surface area (Å²) in [7, 11) is 1.39. The molecule has 0 spiro atoms. The van der Waals surface area contributed by atoms with E-state index in [1.165, 1.54) is 25.3 Å². The van der Waals surface area contributed by atoms with Crippen molar-refractivity contribution < 1.29 is 13.9 Å². The van der Waals surface area contributed by atoms with Crippen LogP contribution in [0.15, 0.2) is 18.2 Å². The second-order valence-corrected chi connectivity index (χ2v) is 2.98. The van der Waals surface area contributed by atoms with Crippen molar-refractivity contribution in [2.24, 2.45) is 0 Å². The summed E-state index contributed by atoms with van der Waals surface area (Å²) in [5.41, 5.74) is 0.847. The highest BCUT2D eigenvalue weighted by atomic mass is 19.1. The van der Waals surface area contributed by atoms with Gasteiger partial charge in [0.1, 0.15) is 5.82 Å². The fourth-order valence-electron chi connectivity index (χ4n) is 1.30. The zero-order valence-electron chi connectivity index (χ0n) is 8.40. The van der Waals surface area contributed by atoms with E-state index in [0.717, 1.165) is 0 Å². The maximum atomic E-state index is 12.9. The van der Waals surface area contributed by atoms with Gasteiger partial charge in [0.2, 0.25) is 6.41 Å². The van der Waals surface area contributed by atoms with Crippen molar-refractivity contribution in [1.82, 2.24) is 9.97 Å². The molecule has 0 aliphatic carbocycles. The van der Waals surface area contributed by atoms with Crippen LogP contribution in [0.2, 0.25) is 0 Å². The number of nitrogens with one attached hydrogen (secondary N) is 1. The van der Waals surface area contributed by atoms with E-state index in [2.05, 4.69) is 15.3 Å². The molecule has 0 aliphatic heterocycles. The molecular weight excluding hydrogens is 213 g/mol. The number of ether oxygens (including phenoxy) is 1. The molecule has 0 saturated heterocycles. The standard InChI is InChI=1S/C10H8FN3O2/c1-16-10-9(12-5-15)13-7-3-2-6(11)4-8(7)14-10/h2-5H,1H3,(H,12,13,15). The lowest BCUT2D eigenvalue weighted by Gasteiger charge is -2.06. The Morgan fingerprint density at radius 3 is 2.88 bits per heavy atom. The number of aromatic nitrogens is 2. The van der Waals surface area contributed by atoms with Crippen LogP contribution in [-0.4, -0.2) is 23.5 Å². The first-order chi connectivity index (χ1) is 7.74. The van der Waals surface area contributed by atoms with Crippen molar-refractivity contribution in [2.45, 2.75) is 0 Å². The average molecular weight is 221 g/mol. The third-order valence-corrected chi connectivity index (χ3v) is 1.98. The fourth-order valence-corrected chi connectivity index (χ4v) is 1.30. The Balaban J connectivity index is 2.64. The number of methoxy groups -OCH3 is 1. The van der Waals surface area contributed by atoms with E-state index >= 15 is 0 Å². The van der Waals surface area contributed by atoms with Crippen LogP contribution in [0.1, 0.15) is 0 Å². The van der Waals surface area contributed by atoms with Crippen LogP contribution in [0, 0.1) is 5.82 Å². The minimum absolute atomic E-state index is 0.144. The van der Waals surface area contributed by atoms with Gasteiger partial charge in [-0.25, -0.2) is 14.4 Å². The van der Waals surface area contributed by atoms with Gasteiger partial charge in [0.15, 0.2) is 5.82 Å². The van der Waals surface area contributed by atoms with Gasteiger partial charge in [-0.15, -0.1) is 0 Å². The summed E-state index contributed by atoms with van der Waals surface area (Å²) in [5, 5.41) is 2.36. The van der Waals surface area contributed by atoms with Crippen molar-refractivity contribution in [3.05, 3.63) is 24.0 Å². The highest BCUT2D eigenvalue weighted by molar-refractivity contribution is 5.80. The topological polar surface area (TPSA) is 64.1 Å². The zero-order chi connectivity index (χ0) is 11.5. The van der Waals surface area contributed by atoms with E-state index in [-0.39, 0.29) is 11.7 Å². The first-order valence-electron chi connectivity index (χ1n) is 4.46. The quantitative estimate of drug-likeness (QED) is 0.794. The Morgan fingerprint density at radius 2 is 2.19 bits per heavy atom. The van der Waals surface area contributed by atoms with Gasteiger partial charge in [-0.1, -0.05) is 0 Å². The van der Waals surface area contributed by atoms with Crippen LogP contribution in [0.4, 0.5) is 10.2 Å². The molecule has 0 saturated carbocycles. The van der Waals surface area contributed by atoms with Gasteiger partial charge in [0, 0.05) is 6.07 Å². The first-order valence-corrected chi connectivity index (χ1v) is 4.46. The van der Waals surface area contributed by atoms with Gasteiger partial charge < -0.3 is 10.1 Å². The molecule has 0 radical (unpaired) electrons. The number of carbonyl (C=O) groups excluding carboxylic acids is 1. The highest BCUT2D eigenvalue weighted by Gasteiger charge is 2.08. The molecular formula is C10H8FN3O2. The van der Waals surface area contributed by atoms with E-state index < -0.39 is 5.82 Å². The molecule has 82 valence electrons. The summed E-state index contributed by atoms with van der Waals surface area (Å²) in [4.78, 5) is 18.4. The predicted molar refractivity (Wildman–Crippen MR) is 55.7 cm³/mol. The largest absolute Gasteiger partial charge is 0.478 e. The van der Waals surface area contributed by atoms with Gasteiger partial charge in [0.25, 0.3) is 5.88 Å². The summed E-state index contributed by atoms with van der Waals surface area (Å²) >= 11 is 0. The van der Waals surface area contributed by atoms with Crippen molar-refractivity contribution in [1.29, 1.82) is 0 Å².